The van der Waals surface area contributed by atoms with Gasteiger partial charge in [-0.1, -0.05) is 64.1 Å². The van der Waals surface area contributed by atoms with E-state index in [-0.39, 0.29) is 11.7 Å². The second kappa shape index (κ2) is 14.6. The number of rotatable bonds is 11. The number of carbonyl (C=O) groups is 3. The average molecular weight is 582 g/mol. The van der Waals surface area contributed by atoms with Gasteiger partial charge in [-0.3, -0.25) is 9.59 Å². The molecule has 0 fully saturated rings. The maximum absolute atomic E-state index is 14.6. The first-order chi connectivity index (χ1) is 19.4. The minimum Gasteiger partial charge on any atom is -0.507 e. The number of benzene rings is 2. The quantitative estimate of drug-likeness (QED) is 0.260. The smallest absolute Gasteiger partial charge is 0.408 e. The molecule has 0 saturated carbocycles. The molecule has 2 aromatic rings. The predicted molar refractivity (Wildman–Crippen MR) is 169 cm³/mol. The molecule has 0 aromatic heterocycles. The predicted octanol–water partition coefficient (Wildman–Crippen LogP) is 7.20. The molecule has 0 aliphatic carbocycles. The molecule has 2 rings (SSSR count). The van der Waals surface area contributed by atoms with E-state index in [1.54, 1.807) is 50.8 Å². The summed E-state index contributed by atoms with van der Waals surface area (Å²) in [5.41, 5.74) is 2.59. The van der Waals surface area contributed by atoms with Crippen molar-refractivity contribution in [2.45, 2.75) is 113 Å². The number of hydrogen-bond donors (Lipinski definition) is 3. The van der Waals surface area contributed by atoms with Crippen molar-refractivity contribution in [1.82, 2.24) is 10.2 Å². The highest BCUT2D eigenvalue weighted by Crippen LogP contribution is 2.36. The van der Waals surface area contributed by atoms with E-state index in [0.717, 1.165) is 17.5 Å². The van der Waals surface area contributed by atoms with Crippen molar-refractivity contribution in [3.63, 3.8) is 0 Å². The summed E-state index contributed by atoms with van der Waals surface area (Å²) in [7, 11) is 0. The Morgan fingerprint density at radius 3 is 1.95 bits per heavy atom. The first kappa shape index (κ1) is 34.7. The molecule has 3 N–H and O–H groups in total. The van der Waals surface area contributed by atoms with E-state index in [4.69, 9.17) is 4.74 Å². The molecule has 42 heavy (non-hydrogen) atoms. The molecule has 2 aromatic carbocycles. The normalized spacial score (nSPS) is 13.8. The summed E-state index contributed by atoms with van der Waals surface area (Å²) in [6, 6.07) is 8.42. The van der Waals surface area contributed by atoms with Crippen LogP contribution in [0.15, 0.2) is 36.4 Å². The van der Waals surface area contributed by atoms with Crippen LogP contribution < -0.4 is 10.6 Å². The standard InChI is InChI=1S/C34H51N3O5/c1-20(2)18-19-25(8)37(32(40)27(21(3)4)36-33(41)42-34(9,10)11)29(26-17-13-16-24(7)30(26)38)31(39)35-28-22(5)14-12-15-23(28)6/h12-17,20-21,25,27,29,38H,18-19H2,1-11H3,(H,35,39)(H,36,41). The number of phenolic OH excluding ortho intramolecular Hbond substituents is 1. The summed E-state index contributed by atoms with van der Waals surface area (Å²) in [4.78, 5) is 43.3. The van der Waals surface area contributed by atoms with Gasteiger partial charge in [0.1, 0.15) is 23.4 Å². The molecule has 0 radical (unpaired) electrons. The largest absolute Gasteiger partial charge is 0.507 e. The third-order valence-corrected chi connectivity index (χ3v) is 7.32. The van der Waals surface area contributed by atoms with Gasteiger partial charge in [0.2, 0.25) is 5.91 Å². The van der Waals surface area contributed by atoms with Crippen molar-refractivity contribution in [1.29, 1.82) is 0 Å². The Kier molecular flexibility index (Phi) is 12.0. The molecule has 0 heterocycles. The van der Waals surface area contributed by atoms with Crippen molar-refractivity contribution in [2.75, 3.05) is 5.32 Å². The number of nitrogens with one attached hydrogen (secondary N) is 2. The van der Waals surface area contributed by atoms with Gasteiger partial charge in [-0.2, -0.15) is 0 Å². The maximum atomic E-state index is 14.6. The number of alkyl carbamates (subject to hydrolysis) is 1. The van der Waals surface area contributed by atoms with Gasteiger partial charge in [0.05, 0.1) is 0 Å². The number of aromatic hydroxyl groups is 1. The van der Waals surface area contributed by atoms with E-state index >= 15 is 0 Å². The highest BCUT2D eigenvalue weighted by Gasteiger charge is 2.41. The Morgan fingerprint density at radius 1 is 0.881 bits per heavy atom. The molecule has 8 nitrogen and oxygen atoms in total. The van der Waals surface area contributed by atoms with Crippen LogP contribution in [0, 0.1) is 32.6 Å². The highest BCUT2D eigenvalue weighted by molar-refractivity contribution is 6.00. The van der Waals surface area contributed by atoms with Crippen molar-refractivity contribution in [2.24, 2.45) is 11.8 Å². The van der Waals surface area contributed by atoms with Gasteiger partial charge in [-0.05, 0) is 89.8 Å². The third kappa shape index (κ3) is 9.23. The molecule has 0 bridgehead atoms. The lowest BCUT2D eigenvalue weighted by atomic mass is 9.93. The van der Waals surface area contributed by atoms with Gasteiger partial charge in [-0.25, -0.2) is 4.79 Å². The number of hydrogen-bond acceptors (Lipinski definition) is 5. The number of para-hydroxylation sites is 2. The molecule has 0 saturated heterocycles. The molecule has 8 heteroatoms. The van der Waals surface area contributed by atoms with Crippen molar-refractivity contribution < 1.29 is 24.2 Å². The zero-order chi connectivity index (χ0) is 31.9. The lowest BCUT2D eigenvalue weighted by Gasteiger charge is -2.40. The Hall–Kier alpha value is -3.55. The van der Waals surface area contributed by atoms with Gasteiger partial charge in [0.15, 0.2) is 0 Å². The third-order valence-electron chi connectivity index (χ3n) is 7.32. The number of phenols is 1. The molecular formula is C34H51N3O5. The maximum Gasteiger partial charge on any atom is 0.408 e. The van der Waals surface area contributed by atoms with Gasteiger partial charge < -0.3 is 25.4 Å². The van der Waals surface area contributed by atoms with E-state index in [2.05, 4.69) is 24.5 Å². The number of carbonyl (C=O) groups excluding carboxylic acids is 3. The van der Waals surface area contributed by atoms with Crippen LogP contribution in [0.25, 0.3) is 0 Å². The van der Waals surface area contributed by atoms with Gasteiger partial charge >= 0.3 is 6.09 Å². The molecule has 0 spiro atoms. The lowest BCUT2D eigenvalue weighted by molar-refractivity contribution is -0.144. The van der Waals surface area contributed by atoms with E-state index < -0.39 is 41.6 Å². The van der Waals surface area contributed by atoms with Crippen molar-refractivity contribution >= 4 is 23.6 Å². The number of ether oxygens (including phenoxy) is 1. The second-order valence-electron chi connectivity index (χ2n) is 13.1. The van der Waals surface area contributed by atoms with Crippen LogP contribution in [0.2, 0.25) is 0 Å². The first-order valence-electron chi connectivity index (χ1n) is 14.9. The minimum absolute atomic E-state index is 0.0470. The molecule has 3 amide bonds. The Bertz CT molecular complexity index is 1230. The van der Waals surface area contributed by atoms with Crippen LogP contribution >= 0.6 is 0 Å². The molecule has 232 valence electrons. The summed E-state index contributed by atoms with van der Waals surface area (Å²) in [5.74, 6) is -0.848. The van der Waals surface area contributed by atoms with Crippen molar-refractivity contribution in [3.05, 3.63) is 58.7 Å². The van der Waals surface area contributed by atoms with Crippen LogP contribution in [0.3, 0.4) is 0 Å². The van der Waals surface area contributed by atoms with Crippen LogP contribution in [-0.4, -0.2) is 45.6 Å². The summed E-state index contributed by atoms with van der Waals surface area (Å²) in [5, 5.41) is 17.1. The lowest BCUT2D eigenvalue weighted by Crippen LogP contribution is -2.56. The fourth-order valence-corrected chi connectivity index (χ4v) is 4.94. The monoisotopic (exact) mass is 581 g/mol. The number of anilines is 1. The van der Waals surface area contributed by atoms with E-state index in [9.17, 15) is 19.5 Å². The van der Waals surface area contributed by atoms with Crippen LogP contribution in [-0.2, 0) is 14.3 Å². The SMILES string of the molecule is Cc1cccc(C(C(=O)Nc2c(C)cccc2C)N(C(=O)C(NC(=O)OC(C)(C)C)C(C)C)C(C)CCC(C)C)c1O. The van der Waals surface area contributed by atoms with Gasteiger partial charge in [0, 0.05) is 17.3 Å². The molecule has 3 atom stereocenters. The summed E-state index contributed by atoms with van der Waals surface area (Å²) in [6.07, 6.45) is 0.738. The summed E-state index contributed by atoms with van der Waals surface area (Å²) >= 11 is 0. The molecule has 0 aliphatic heterocycles. The topological polar surface area (TPSA) is 108 Å². The van der Waals surface area contributed by atoms with Crippen molar-refractivity contribution in [3.8, 4) is 5.75 Å². The Morgan fingerprint density at radius 2 is 1.43 bits per heavy atom. The van der Waals surface area contributed by atoms with Crippen LogP contribution in [0.4, 0.5) is 10.5 Å². The highest BCUT2D eigenvalue weighted by atomic mass is 16.6. The van der Waals surface area contributed by atoms with Crippen LogP contribution in [0.1, 0.15) is 96.5 Å². The fourth-order valence-electron chi connectivity index (χ4n) is 4.94. The number of nitrogens with zero attached hydrogens (tertiary/aromatic N) is 1. The number of amides is 3. The van der Waals surface area contributed by atoms with Gasteiger partial charge in [-0.15, -0.1) is 0 Å². The van der Waals surface area contributed by atoms with E-state index in [1.807, 2.05) is 52.8 Å². The van der Waals surface area contributed by atoms with E-state index in [0.29, 0.717) is 29.2 Å². The fraction of sp³-hybridized carbons (Fsp3) is 0.559. The van der Waals surface area contributed by atoms with E-state index in [1.165, 1.54) is 0 Å². The molecule has 3 unspecified atom stereocenters. The van der Waals surface area contributed by atoms with Gasteiger partial charge in [0.25, 0.3) is 5.91 Å². The second-order valence-corrected chi connectivity index (χ2v) is 13.1. The summed E-state index contributed by atoms with van der Waals surface area (Å²) in [6.45, 7) is 20.7. The Balaban J connectivity index is 2.72. The van der Waals surface area contributed by atoms with Crippen LogP contribution in [0.5, 0.6) is 5.75 Å². The minimum atomic E-state index is -1.17. The number of aryl methyl sites for hydroxylation is 3. The zero-order valence-corrected chi connectivity index (χ0v) is 27.3. The Labute approximate surface area is 252 Å². The molecular weight excluding hydrogens is 530 g/mol. The average Bonchev–Trinajstić information content (AvgIpc) is 2.87. The molecule has 0 aliphatic rings. The first-order valence-corrected chi connectivity index (χ1v) is 14.9. The zero-order valence-electron chi connectivity index (χ0n) is 27.3. The summed E-state index contributed by atoms with van der Waals surface area (Å²) < 4.78 is 5.48.